The Bertz CT molecular complexity index is 1140. The van der Waals surface area contributed by atoms with E-state index < -0.39 is 0 Å². The standard InChI is InChI=1S/C30H32N2O4/c33-26-16-17-31-27-25(18-32(26)31)28(34-19-22-10-4-1-5-11-22)30(36-21-24-14-8-3-9-15-24)29(27)35-20-23-12-6-2-7-13-23/h1-15,25,27-30H,16-21H2/t25-,27+,28+,29-,30-/m0/s1. The highest BCUT2D eigenvalue weighted by Gasteiger charge is 2.61. The summed E-state index contributed by atoms with van der Waals surface area (Å²) in [5.41, 5.74) is 3.37. The minimum atomic E-state index is -0.245. The zero-order chi connectivity index (χ0) is 24.3. The topological polar surface area (TPSA) is 51.2 Å². The van der Waals surface area contributed by atoms with Crippen molar-refractivity contribution in [3.63, 3.8) is 0 Å². The molecule has 0 bridgehead atoms. The number of carbonyl (C=O) groups excluding carboxylic acids is 1. The summed E-state index contributed by atoms with van der Waals surface area (Å²) >= 11 is 0. The summed E-state index contributed by atoms with van der Waals surface area (Å²) in [4.78, 5) is 12.6. The smallest absolute Gasteiger partial charge is 0.238 e. The van der Waals surface area contributed by atoms with E-state index in [9.17, 15) is 4.79 Å². The third-order valence-corrected chi connectivity index (χ3v) is 7.58. The van der Waals surface area contributed by atoms with Crippen molar-refractivity contribution in [1.29, 1.82) is 0 Å². The Hall–Kier alpha value is -3.03. The van der Waals surface area contributed by atoms with Gasteiger partial charge in [0.25, 0.3) is 0 Å². The minimum Gasteiger partial charge on any atom is -0.370 e. The van der Waals surface area contributed by atoms with Crippen molar-refractivity contribution in [1.82, 2.24) is 10.0 Å². The molecule has 3 aliphatic rings. The quantitative estimate of drug-likeness (QED) is 0.456. The number of fused-ring (bicyclic) bond motifs is 3. The molecule has 0 spiro atoms. The highest BCUT2D eigenvalue weighted by molar-refractivity contribution is 5.78. The number of hydrogen-bond donors (Lipinski definition) is 0. The van der Waals surface area contributed by atoms with Gasteiger partial charge in [-0.2, -0.15) is 0 Å². The molecule has 6 heteroatoms. The summed E-state index contributed by atoms with van der Waals surface area (Å²) in [6, 6.07) is 30.7. The third-order valence-electron chi connectivity index (χ3n) is 7.58. The van der Waals surface area contributed by atoms with Crippen LogP contribution in [0, 0.1) is 5.92 Å². The predicted octanol–water partition coefficient (Wildman–Crippen LogP) is 4.20. The fourth-order valence-corrected chi connectivity index (χ4v) is 5.89. The van der Waals surface area contributed by atoms with E-state index in [0.717, 1.165) is 23.2 Å². The Balaban J connectivity index is 1.28. The average Bonchev–Trinajstić information content (AvgIpc) is 3.56. The number of nitrogens with zero attached hydrogens (tertiary/aromatic N) is 2. The Labute approximate surface area is 212 Å². The number of hydrazine groups is 1. The Morgan fingerprint density at radius 2 is 1.11 bits per heavy atom. The molecule has 2 saturated heterocycles. The van der Waals surface area contributed by atoms with Crippen LogP contribution in [0.2, 0.25) is 0 Å². The van der Waals surface area contributed by atoms with Crippen LogP contribution in [-0.2, 0) is 38.8 Å². The molecule has 5 atom stereocenters. The molecule has 1 saturated carbocycles. The second-order valence-electron chi connectivity index (χ2n) is 9.83. The van der Waals surface area contributed by atoms with Crippen LogP contribution in [0.15, 0.2) is 91.0 Å². The lowest BCUT2D eigenvalue weighted by Crippen LogP contribution is -2.47. The van der Waals surface area contributed by atoms with Gasteiger partial charge < -0.3 is 14.2 Å². The number of rotatable bonds is 9. The number of carbonyl (C=O) groups is 1. The molecular formula is C30H32N2O4. The highest BCUT2D eigenvalue weighted by Crippen LogP contribution is 2.45. The molecule has 0 unspecified atom stereocenters. The van der Waals surface area contributed by atoms with Crippen LogP contribution in [0.1, 0.15) is 23.1 Å². The summed E-state index contributed by atoms with van der Waals surface area (Å²) in [7, 11) is 0. The fraction of sp³-hybridized carbons (Fsp3) is 0.367. The van der Waals surface area contributed by atoms with Gasteiger partial charge in [-0.05, 0) is 16.7 Å². The van der Waals surface area contributed by atoms with E-state index in [1.54, 1.807) is 0 Å². The van der Waals surface area contributed by atoms with Crippen molar-refractivity contribution in [2.45, 2.75) is 50.6 Å². The van der Waals surface area contributed by atoms with E-state index >= 15 is 0 Å². The summed E-state index contributed by atoms with van der Waals surface area (Å²) in [6.07, 6.45) is -0.0844. The SMILES string of the molecule is O=C1CCN2[C@@H]3[C@H](CN12)[C@@H](OCc1ccccc1)[C@H](OCc1ccccc1)[C@H]3OCc1ccccc1. The first-order valence-electron chi connectivity index (χ1n) is 12.8. The van der Waals surface area contributed by atoms with Gasteiger partial charge in [-0.3, -0.25) is 9.80 Å². The molecule has 0 N–H and O–H groups in total. The van der Waals surface area contributed by atoms with E-state index in [2.05, 4.69) is 41.4 Å². The maximum absolute atomic E-state index is 12.6. The van der Waals surface area contributed by atoms with Crippen LogP contribution in [0.5, 0.6) is 0 Å². The molecule has 6 rings (SSSR count). The van der Waals surface area contributed by atoms with Crippen molar-refractivity contribution in [2.24, 2.45) is 5.92 Å². The number of benzene rings is 3. The molecule has 3 aromatic rings. The van der Waals surface area contributed by atoms with Crippen LogP contribution >= 0.6 is 0 Å². The monoisotopic (exact) mass is 484 g/mol. The first kappa shape index (κ1) is 23.4. The van der Waals surface area contributed by atoms with Gasteiger partial charge >= 0.3 is 0 Å². The molecule has 6 nitrogen and oxygen atoms in total. The maximum atomic E-state index is 12.6. The minimum absolute atomic E-state index is 0.0432. The molecule has 0 radical (unpaired) electrons. The summed E-state index contributed by atoms with van der Waals surface area (Å²) < 4.78 is 19.9. The van der Waals surface area contributed by atoms with Crippen LogP contribution in [0.25, 0.3) is 0 Å². The molecule has 186 valence electrons. The summed E-state index contributed by atoms with van der Waals surface area (Å²) in [6.45, 7) is 2.86. The summed E-state index contributed by atoms with van der Waals surface area (Å²) in [5.74, 6) is 0.314. The first-order chi connectivity index (χ1) is 17.8. The van der Waals surface area contributed by atoms with E-state index in [-0.39, 0.29) is 36.2 Å². The molecule has 1 aliphatic carbocycles. The molecule has 3 aromatic carbocycles. The largest absolute Gasteiger partial charge is 0.370 e. The molecule has 3 fully saturated rings. The number of hydrogen-bond acceptors (Lipinski definition) is 5. The maximum Gasteiger partial charge on any atom is 0.238 e. The van der Waals surface area contributed by atoms with E-state index in [1.165, 1.54) is 0 Å². The Morgan fingerprint density at radius 1 is 0.639 bits per heavy atom. The second-order valence-corrected chi connectivity index (χ2v) is 9.83. The van der Waals surface area contributed by atoms with Crippen LogP contribution < -0.4 is 0 Å². The zero-order valence-corrected chi connectivity index (χ0v) is 20.3. The molecule has 2 aliphatic heterocycles. The van der Waals surface area contributed by atoms with Crippen molar-refractivity contribution in [2.75, 3.05) is 13.1 Å². The zero-order valence-electron chi connectivity index (χ0n) is 20.3. The Morgan fingerprint density at radius 3 is 1.64 bits per heavy atom. The second kappa shape index (κ2) is 10.5. The predicted molar refractivity (Wildman–Crippen MR) is 135 cm³/mol. The lowest BCUT2D eigenvalue weighted by molar-refractivity contribution is -0.153. The van der Waals surface area contributed by atoms with Crippen LogP contribution in [0.4, 0.5) is 0 Å². The first-order valence-corrected chi connectivity index (χ1v) is 12.8. The van der Waals surface area contributed by atoms with Crippen LogP contribution in [-0.4, -0.2) is 53.4 Å². The number of amides is 1. The number of ether oxygens (including phenoxy) is 3. The molecule has 2 heterocycles. The third kappa shape index (κ3) is 4.70. The van der Waals surface area contributed by atoms with Crippen LogP contribution in [0.3, 0.4) is 0 Å². The van der Waals surface area contributed by atoms with Gasteiger partial charge in [-0.15, -0.1) is 0 Å². The lowest BCUT2D eigenvalue weighted by Gasteiger charge is -2.32. The van der Waals surface area contributed by atoms with Gasteiger partial charge in [0, 0.05) is 25.4 Å². The fourth-order valence-electron chi connectivity index (χ4n) is 5.89. The van der Waals surface area contributed by atoms with E-state index in [4.69, 9.17) is 14.2 Å². The van der Waals surface area contributed by atoms with E-state index in [1.807, 2.05) is 59.6 Å². The molecule has 1 amide bonds. The van der Waals surface area contributed by atoms with Gasteiger partial charge in [-0.25, -0.2) is 5.01 Å². The van der Waals surface area contributed by atoms with Crippen molar-refractivity contribution in [3.05, 3.63) is 108 Å². The highest BCUT2D eigenvalue weighted by atomic mass is 16.6. The van der Waals surface area contributed by atoms with Crippen molar-refractivity contribution < 1.29 is 19.0 Å². The van der Waals surface area contributed by atoms with Gasteiger partial charge in [0.2, 0.25) is 5.91 Å². The van der Waals surface area contributed by atoms with Gasteiger partial charge in [0.1, 0.15) is 12.2 Å². The van der Waals surface area contributed by atoms with Gasteiger partial charge in [0.15, 0.2) is 0 Å². The van der Waals surface area contributed by atoms with Gasteiger partial charge in [0.05, 0.1) is 32.0 Å². The van der Waals surface area contributed by atoms with Crippen molar-refractivity contribution >= 4 is 5.91 Å². The van der Waals surface area contributed by atoms with E-state index in [0.29, 0.717) is 32.8 Å². The summed E-state index contributed by atoms with van der Waals surface area (Å²) in [5, 5.41) is 4.13. The molecular weight excluding hydrogens is 452 g/mol. The molecule has 36 heavy (non-hydrogen) atoms. The normalized spacial score (nSPS) is 27.4. The van der Waals surface area contributed by atoms with Gasteiger partial charge in [-0.1, -0.05) is 91.0 Å². The Kier molecular flexibility index (Phi) is 6.84. The lowest BCUT2D eigenvalue weighted by atomic mass is 10.0. The van der Waals surface area contributed by atoms with Crippen molar-refractivity contribution in [3.8, 4) is 0 Å². The average molecular weight is 485 g/mol. The molecule has 0 aromatic heterocycles.